The van der Waals surface area contributed by atoms with Gasteiger partial charge >= 0.3 is 0 Å². The lowest BCUT2D eigenvalue weighted by Crippen LogP contribution is -2.29. The van der Waals surface area contributed by atoms with Gasteiger partial charge in [-0.25, -0.2) is 5.43 Å². The highest BCUT2D eigenvalue weighted by atomic mass is 35.5. The van der Waals surface area contributed by atoms with Crippen molar-refractivity contribution in [3.05, 3.63) is 28.8 Å². The monoisotopic (exact) mass is 307 g/mol. The van der Waals surface area contributed by atoms with Crippen molar-refractivity contribution in [1.29, 1.82) is 0 Å². The standard InChI is InChI=1S/C16H22ClN3O/c1-11-5-3-4-6-15(11)19-20-16(21)10-18-14-8-7-13(17)9-12(14)2/h7-9,11,18H,3-6,10H2,1-2H3,(H,20,21). The molecule has 1 unspecified atom stereocenters. The molecule has 1 aliphatic carbocycles. The highest BCUT2D eigenvalue weighted by Gasteiger charge is 2.16. The molecule has 1 fully saturated rings. The number of carbonyl (C=O) groups excluding carboxylic acids is 1. The largest absolute Gasteiger partial charge is 0.376 e. The van der Waals surface area contributed by atoms with E-state index in [9.17, 15) is 4.79 Å². The number of anilines is 1. The van der Waals surface area contributed by atoms with E-state index >= 15 is 0 Å². The van der Waals surface area contributed by atoms with Gasteiger partial charge in [0.05, 0.1) is 6.54 Å². The predicted octanol–water partition coefficient (Wildman–Crippen LogP) is 3.74. The van der Waals surface area contributed by atoms with Crippen LogP contribution < -0.4 is 10.7 Å². The second kappa shape index (κ2) is 7.46. The molecular formula is C16H22ClN3O. The molecule has 5 heteroatoms. The van der Waals surface area contributed by atoms with Crippen LogP contribution in [-0.4, -0.2) is 18.2 Å². The lowest BCUT2D eigenvalue weighted by Gasteiger charge is -2.19. The summed E-state index contributed by atoms with van der Waals surface area (Å²) in [4.78, 5) is 11.8. The number of hydrogen-bond donors (Lipinski definition) is 2. The van der Waals surface area contributed by atoms with E-state index in [0.29, 0.717) is 10.9 Å². The smallest absolute Gasteiger partial charge is 0.259 e. The molecule has 2 rings (SSSR count). The van der Waals surface area contributed by atoms with Gasteiger partial charge in [-0.3, -0.25) is 4.79 Å². The lowest BCUT2D eigenvalue weighted by molar-refractivity contribution is -0.119. The Balaban J connectivity index is 1.83. The molecule has 4 nitrogen and oxygen atoms in total. The number of hydrogen-bond acceptors (Lipinski definition) is 3. The fourth-order valence-electron chi connectivity index (χ4n) is 2.51. The molecule has 0 aromatic heterocycles. The van der Waals surface area contributed by atoms with Gasteiger partial charge < -0.3 is 5.32 Å². The molecule has 0 bridgehead atoms. The minimum Gasteiger partial charge on any atom is -0.376 e. The van der Waals surface area contributed by atoms with Crippen molar-refractivity contribution >= 4 is 28.9 Å². The van der Waals surface area contributed by atoms with Crippen LogP contribution in [-0.2, 0) is 4.79 Å². The van der Waals surface area contributed by atoms with Crippen molar-refractivity contribution in [2.75, 3.05) is 11.9 Å². The Labute approximate surface area is 131 Å². The second-order valence-corrected chi connectivity index (χ2v) is 6.03. The first-order valence-corrected chi connectivity index (χ1v) is 7.79. The van der Waals surface area contributed by atoms with Gasteiger partial charge in [0.15, 0.2) is 0 Å². The van der Waals surface area contributed by atoms with Gasteiger partial charge in [-0.2, -0.15) is 5.10 Å². The molecule has 0 aliphatic heterocycles. The van der Waals surface area contributed by atoms with Crippen LogP contribution in [0, 0.1) is 12.8 Å². The third-order valence-corrected chi connectivity index (χ3v) is 4.08. The molecule has 21 heavy (non-hydrogen) atoms. The highest BCUT2D eigenvalue weighted by molar-refractivity contribution is 6.30. The van der Waals surface area contributed by atoms with Crippen LogP contribution in [0.4, 0.5) is 5.69 Å². The maximum absolute atomic E-state index is 11.8. The molecule has 1 atom stereocenters. The third kappa shape index (κ3) is 4.74. The van der Waals surface area contributed by atoms with E-state index in [0.717, 1.165) is 29.8 Å². The van der Waals surface area contributed by atoms with Crippen LogP contribution in [0.5, 0.6) is 0 Å². The number of halogens is 1. The van der Waals surface area contributed by atoms with E-state index in [-0.39, 0.29) is 12.5 Å². The Kier molecular flexibility index (Phi) is 5.62. The number of aryl methyl sites for hydroxylation is 1. The number of rotatable bonds is 4. The number of nitrogens with one attached hydrogen (secondary N) is 2. The summed E-state index contributed by atoms with van der Waals surface area (Å²) in [6, 6.07) is 5.55. The molecule has 1 aromatic carbocycles. The third-order valence-electron chi connectivity index (χ3n) is 3.84. The minimum atomic E-state index is -0.130. The molecule has 1 aliphatic rings. The molecular weight excluding hydrogens is 286 g/mol. The Bertz CT molecular complexity index is 542. The molecule has 0 heterocycles. The van der Waals surface area contributed by atoms with Gasteiger partial charge in [-0.1, -0.05) is 24.9 Å². The van der Waals surface area contributed by atoms with Gasteiger partial charge in [-0.05, 0) is 55.9 Å². The van der Waals surface area contributed by atoms with Crippen LogP contribution in [0.1, 0.15) is 38.2 Å². The molecule has 0 radical (unpaired) electrons. The van der Waals surface area contributed by atoms with E-state index in [1.54, 1.807) is 6.07 Å². The van der Waals surface area contributed by atoms with E-state index in [1.807, 2.05) is 19.1 Å². The lowest BCUT2D eigenvalue weighted by atomic mass is 9.89. The van der Waals surface area contributed by atoms with Gasteiger partial charge in [0.25, 0.3) is 5.91 Å². The van der Waals surface area contributed by atoms with Crippen LogP contribution in [0.2, 0.25) is 5.02 Å². The fourth-order valence-corrected chi connectivity index (χ4v) is 2.74. The predicted molar refractivity (Wildman–Crippen MR) is 87.9 cm³/mol. The summed E-state index contributed by atoms with van der Waals surface area (Å²) in [6.07, 6.45) is 4.58. The summed E-state index contributed by atoms with van der Waals surface area (Å²) < 4.78 is 0. The zero-order valence-electron chi connectivity index (χ0n) is 12.6. The summed E-state index contributed by atoms with van der Waals surface area (Å²) in [5.74, 6) is 0.347. The van der Waals surface area contributed by atoms with Crippen LogP contribution in [0.3, 0.4) is 0 Å². The first-order valence-electron chi connectivity index (χ1n) is 7.41. The molecule has 1 amide bonds. The number of benzene rings is 1. The fraction of sp³-hybridized carbons (Fsp3) is 0.500. The average Bonchev–Trinajstić information content (AvgIpc) is 2.45. The maximum Gasteiger partial charge on any atom is 0.259 e. The molecule has 1 aromatic rings. The maximum atomic E-state index is 11.8. The number of nitrogens with zero attached hydrogens (tertiary/aromatic N) is 1. The van der Waals surface area contributed by atoms with Crippen molar-refractivity contribution in [1.82, 2.24) is 5.43 Å². The summed E-state index contributed by atoms with van der Waals surface area (Å²) in [5, 5.41) is 8.06. The van der Waals surface area contributed by atoms with E-state index in [2.05, 4.69) is 22.8 Å². The minimum absolute atomic E-state index is 0.130. The van der Waals surface area contributed by atoms with E-state index in [4.69, 9.17) is 11.6 Å². The zero-order chi connectivity index (χ0) is 15.2. The normalized spacial score (nSPS) is 20.3. The average molecular weight is 308 g/mol. The first-order chi connectivity index (χ1) is 10.1. The zero-order valence-corrected chi connectivity index (χ0v) is 13.3. The van der Waals surface area contributed by atoms with Gasteiger partial charge in [0.2, 0.25) is 0 Å². The second-order valence-electron chi connectivity index (χ2n) is 5.60. The summed E-state index contributed by atoms with van der Waals surface area (Å²) in [7, 11) is 0. The van der Waals surface area contributed by atoms with Crippen molar-refractivity contribution in [2.45, 2.75) is 39.5 Å². The molecule has 0 saturated heterocycles. The number of amides is 1. The first kappa shape index (κ1) is 15.8. The number of carbonyl (C=O) groups is 1. The molecule has 1 saturated carbocycles. The summed E-state index contributed by atoms with van der Waals surface area (Å²) in [5.41, 5.74) is 5.68. The Hall–Kier alpha value is -1.55. The van der Waals surface area contributed by atoms with Crippen LogP contribution in [0.15, 0.2) is 23.3 Å². The van der Waals surface area contributed by atoms with Gasteiger partial charge in [0.1, 0.15) is 0 Å². The van der Waals surface area contributed by atoms with Crippen molar-refractivity contribution in [2.24, 2.45) is 11.0 Å². The molecule has 2 N–H and O–H groups in total. The van der Waals surface area contributed by atoms with Crippen molar-refractivity contribution in [3.63, 3.8) is 0 Å². The van der Waals surface area contributed by atoms with Gasteiger partial charge in [-0.15, -0.1) is 0 Å². The molecule has 114 valence electrons. The van der Waals surface area contributed by atoms with E-state index < -0.39 is 0 Å². The van der Waals surface area contributed by atoms with Crippen LogP contribution in [0.25, 0.3) is 0 Å². The van der Waals surface area contributed by atoms with Crippen LogP contribution >= 0.6 is 11.6 Å². The Morgan fingerprint density at radius 1 is 1.43 bits per heavy atom. The van der Waals surface area contributed by atoms with Crippen molar-refractivity contribution in [3.8, 4) is 0 Å². The highest BCUT2D eigenvalue weighted by Crippen LogP contribution is 2.21. The summed E-state index contributed by atoms with van der Waals surface area (Å²) >= 11 is 5.90. The topological polar surface area (TPSA) is 53.5 Å². The number of hydrazone groups is 1. The molecule has 0 spiro atoms. The summed E-state index contributed by atoms with van der Waals surface area (Å²) in [6.45, 7) is 4.32. The Morgan fingerprint density at radius 3 is 2.95 bits per heavy atom. The van der Waals surface area contributed by atoms with Crippen molar-refractivity contribution < 1.29 is 4.79 Å². The van der Waals surface area contributed by atoms with Gasteiger partial charge in [0, 0.05) is 16.4 Å². The SMILES string of the molecule is Cc1cc(Cl)ccc1NCC(=O)NN=C1CCCCC1C. The quantitative estimate of drug-likeness (QED) is 0.833. The van der Waals surface area contributed by atoms with E-state index in [1.165, 1.54) is 12.8 Å². The Morgan fingerprint density at radius 2 is 2.24 bits per heavy atom.